The molecule has 0 saturated carbocycles. The van der Waals surface area contributed by atoms with Gasteiger partial charge in [-0.05, 0) is 12.1 Å². The summed E-state index contributed by atoms with van der Waals surface area (Å²) in [5.74, 6) is 2.77. The predicted octanol–water partition coefficient (Wildman–Crippen LogP) is 2.48. The van der Waals surface area contributed by atoms with Crippen LogP contribution in [0, 0.1) is 0 Å². The number of amides is 1. The third kappa shape index (κ3) is 2.60. The Kier molecular flexibility index (Phi) is 3.63. The highest BCUT2D eigenvalue weighted by Gasteiger charge is 2.35. The minimum atomic E-state index is -0.0781. The molecule has 2 aliphatic heterocycles. The summed E-state index contributed by atoms with van der Waals surface area (Å²) in [7, 11) is 0. The lowest BCUT2D eigenvalue weighted by atomic mass is 10.1. The third-order valence-electron chi connectivity index (χ3n) is 4.29. The van der Waals surface area contributed by atoms with Gasteiger partial charge in [-0.1, -0.05) is 19.0 Å². The Labute approximate surface area is 139 Å². The summed E-state index contributed by atoms with van der Waals surface area (Å²) in [6, 6.07) is 5.57. The average Bonchev–Trinajstić information content (AvgIpc) is 3.21. The molecule has 3 heterocycles. The Bertz CT molecular complexity index is 771. The molecule has 0 bridgehead atoms. The summed E-state index contributed by atoms with van der Waals surface area (Å²) in [6.07, 6.45) is 0.369. The van der Waals surface area contributed by atoms with Gasteiger partial charge in [0.15, 0.2) is 17.3 Å². The molecule has 1 saturated heterocycles. The summed E-state index contributed by atoms with van der Waals surface area (Å²) >= 11 is 0. The maximum atomic E-state index is 12.4. The van der Waals surface area contributed by atoms with Gasteiger partial charge in [0.1, 0.15) is 13.2 Å². The van der Waals surface area contributed by atoms with E-state index in [9.17, 15) is 4.79 Å². The zero-order valence-electron chi connectivity index (χ0n) is 13.7. The Hall–Kier alpha value is -2.57. The van der Waals surface area contributed by atoms with Gasteiger partial charge in [-0.25, -0.2) is 0 Å². The number of benzene rings is 1. The standard InChI is InChI=1S/C17H19N3O4/c1-10(2)16-18-17(24-19-16)11-7-15(21)20(9-11)12-3-4-13-14(8-12)23-6-5-22-13/h3-4,8,10-11H,5-7,9H2,1-2H3. The van der Waals surface area contributed by atoms with Crippen LogP contribution in [-0.4, -0.2) is 35.8 Å². The van der Waals surface area contributed by atoms with Crippen LogP contribution in [0.2, 0.25) is 0 Å². The Morgan fingerprint density at radius 2 is 2.00 bits per heavy atom. The molecule has 1 amide bonds. The molecule has 1 aromatic heterocycles. The molecule has 1 fully saturated rings. The van der Waals surface area contributed by atoms with Crippen molar-refractivity contribution in [1.29, 1.82) is 0 Å². The predicted molar refractivity (Wildman–Crippen MR) is 85.5 cm³/mol. The molecule has 7 nitrogen and oxygen atoms in total. The van der Waals surface area contributed by atoms with E-state index in [2.05, 4.69) is 10.1 Å². The van der Waals surface area contributed by atoms with Gasteiger partial charge in [-0.3, -0.25) is 4.79 Å². The van der Waals surface area contributed by atoms with Crippen molar-refractivity contribution < 1.29 is 18.8 Å². The molecule has 0 spiro atoms. The number of fused-ring (bicyclic) bond motifs is 1. The highest BCUT2D eigenvalue weighted by Crippen LogP contribution is 2.37. The van der Waals surface area contributed by atoms with Gasteiger partial charge >= 0.3 is 0 Å². The average molecular weight is 329 g/mol. The van der Waals surface area contributed by atoms with Crippen molar-refractivity contribution in [3.8, 4) is 11.5 Å². The minimum absolute atomic E-state index is 0.0426. The molecule has 24 heavy (non-hydrogen) atoms. The molecule has 0 N–H and O–H groups in total. The highest BCUT2D eigenvalue weighted by molar-refractivity contribution is 5.96. The molecule has 1 atom stereocenters. The SMILES string of the molecule is CC(C)c1noc(C2CC(=O)N(c3ccc4c(c3)OCCO4)C2)n1. The first-order chi connectivity index (χ1) is 11.6. The Balaban J connectivity index is 1.55. The first-order valence-electron chi connectivity index (χ1n) is 8.15. The third-order valence-corrected chi connectivity index (χ3v) is 4.29. The summed E-state index contributed by atoms with van der Waals surface area (Å²) in [4.78, 5) is 18.6. The van der Waals surface area contributed by atoms with Gasteiger partial charge in [-0.15, -0.1) is 0 Å². The van der Waals surface area contributed by atoms with Gasteiger partial charge in [0.2, 0.25) is 11.8 Å². The monoisotopic (exact) mass is 329 g/mol. The van der Waals surface area contributed by atoms with Crippen LogP contribution in [0.15, 0.2) is 22.7 Å². The number of hydrogen-bond acceptors (Lipinski definition) is 6. The van der Waals surface area contributed by atoms with Crippen LogP contribution in [0.3, 0.4) is 0 Å². The molecule has 126 valence electrons. The van der Waals surface area contributed by atoms with Gasteiger partial charge in [0, 0.05) is 30.6 Å². The number of ether oxygens (including phenoxy) is 2. The molecule has 7 heteroatoms. The fraction of sp³-hybridized carbons (Fsp3) is 0.471. The summed E-state index contributed by atoms with van der Waals surface area (Å²) < 4.78 is 16.5. The van der Waals surface area contributed by atoms with Crippen molar-refractivity contribution in [3.05, 3.63) is 29.9 Å². The van der Waals surface area contributed by atoms with E-state index in [1.54, 1.807) is 4.90 Å². The number of hydrogen-bond donors (Lipinski definition) is 0. The van der Waals surface area contributed by atoms with Gasteiger partial charge < -0.3 is 18.9 Å². The van der Waals surface area contributed by atoms with Crippen molar-refractivity contribution in [2.24, 2.45) is 0 Å². The number of aromatic nitrogens is 2. The molecule has 1 unspecified atom stereocenters. The van der Waals surface area contributed by atoms with Gasteiger partial charge in [-0.2, -0.15) is 4.98 Å². The summed E-state index contributed by atoms with van der Waals surface area (Å²) in [5, 5.41) is 3.99. The van der Waals surface area contributed by atoms with Crippen molar-refractivity contribution in [2.45, 2.75) is 32.1 Å². The van der Waals surface area contributed by atoms with Crippen LogP contribution in [0.4, 0.5) is 5.69 Å². The van der Waals surface area contributed by atoms with E-state index < -0.39 is 0 Å². The lowest BCUT2D eigenvalue weighted by Gasteiger charge is -2.22. The van der Waals surface area contributed by atoms with Crippen molar-refractivity contribution in [1.82, 2.24) is 10.1 Å². The van der Waals surface area contributed by atoms with E-state index in [1.165, 1.54) is 0 Å². The second-order valence-corrected chi connectivity index (χ2v) is 6.38. The van der Waals surface area contributed by atoms with E-state index in [0.29, 0.717) is 49.4 Å². The second kappa shape index (κ2) is 5.81. The zero-order valence-corrected chi connectivity index (χ0v) is 13.7. The van der Waals surface area contributed by atoms with E-state index >= 15 is 0 Å². The summed E-state index contributed by atoms with van der Waals surface area (Å²) in [5.41, 5.74) is 0.801. The number of nitrogens with zero attached hydrogens (tertiary/aromatic N) is 3. The molecule has 2 aliphatic rings. The Morgan fingerprint density at radius 1 is 1.21 bits per heavy atom. The normalized spacial score (nSPS) is 20.0. The fourth-order valence-electron chi connectivity index (χ4n) is 2.97. The topological polar surface area (TPSA) is 77.7 Å². The smallest absolute Gasteiger partial charge is 0.232 e. The van der Waals surface area contributed by atoms with Crippen LogP contribution < -0.4 is 14.4 Å². The van der Waals surface area contributed by atoms with Gasteiger partial charge in [0.25, 0.3) is 0 Å². The molecule has 0 radical (unpaired) electrons. The first kappa shape index (κ1) is 15.0. The maximum absolute atomic E-state index is 12.4. The highest BCUT2D eigenvalue weighted by atomic mass is 16.6. The maximum Gasteiger partial charge on any atom is 0.232 e. The van der Waals surface area contributed by atoms with E-state index in [1.807, 2.05) is 32.0 Å². The zero-order chi connectivity index (χ0) is 16.7. The van der Waals surface area contributed by atoms with Crippen molar-refractivity contribution in [3.63, 3.8) is 0 Å². The fourth-order valence-corrected chi connectivity index (χ4v) is 2.97. The quantitative estimate of drug-likeness (QED) is 0.861. The number of carbonyl (C=O) groups is 1. The van der Waals surface area contributed by atoms with E-state index in [4.69, 9.17) is 14.0 Å². The van der Waals surface area contributed by atoms with Crippen molar-refractivity contribution in [2.75, 3.05) is 24.7 Å². The molecule has 0 aliphatic carbocycles. The van der Waals surface area contributed by atoms with Crippen molar-refractivity contribution >= 4 is 11.6 Å². The van der Waals surface area contributed by atoms with Crippen LogP contribution >= 0.6 is 0 Å². The minimum Gasteiger partial charge on any atom is -0.486 e. The number of carbonyl (C=O) groups excluding carboxylic acids is 1. The largest absolute Gasteiger partial charge is 0.486 e. The number of rotatable bonds is 3. The van der Waals surface area contributed by atoms with E-state index in [-0.39, 0.29) is 17.7 Å². The molecule has 4 rings (SSSR count). The molecular formula is C17H19N3O4. The summed E-state index contributed by atoms with van der Waals surface area (Å²) in [6.45, 7) is 5.61. The first-order valence-corrected chi connectivity index (χ1v) is 8.15. The lowest BCUT2D eigenvalue weighted by Crippen LogP contribution is -2.24. The van der Waals surface area contributed by atoms with E-state index in [0.717, 1.165) is 5.69 Å². The van der Waals surface area contributed by atoms with Crippen LogP contribution in [0.5, 0.6) is 11.5 Å². The van der Waals surface area contributed by atoms with Crippen LogP contribution in [-0.2, 0) is 4.79 Å². The van der Waals surface area contributed by atoms with Gasteiger partial charge in [0.05, 0.1) is 5.92 Å². The number of anilines is 1. The molecular weight excluding hydrogens is 310 g/mol. The van der Waals surface area contributed by atoms with Crippen LogP contribution in [0.25, 0.3) is 0 Å². The second-order valence-electron chi connectivity index (χ2n) is 6.38. The lowest BCUT2D eigenvalue weighted by molar-refractivity contribution is -0.117. The molecule has 2 aromatic rings. The molecule has 1 aromatic carbocycles. The Morgan fingerprint density at radius 3 is 2.75 bits per heavy atom. The van der Waals surface area contributed by atoms with Crippen LogP contribution in [0.1, 0.15) is 43.8 Å².